The summed E-state index contributed by atoms with van der Waals surface area (Å²) >= 11 is 0. The molecule has 3 heteroatoms. The summed E-state index contributed by atoms with van der Waals surface area (Å²) in [6.45, 7) is 7.37. The molecule has 0 heterocycles. The molecule has 0 aromatic rings. The number of fused-ring (bicyclic) bond motifs is 1. The molecule has 3 nitrogen and oxygen atoms in total. The van der Waals surface area contributed by atoms with Crippen LogP contribution in [0.5, 0.6) is 0 Å². The zero-order valence-corrected chi connectivity index (χ0v) is 11.6. The molecule has 2 aliphatic rings. The molecular weight excluding hydrogens is 228 g/mol. The van der Waals surface area contributed by atoms with Crippen LogP contribution >= 0.6 is 0 Å². The first-order valence-electron chi connectivity index (χ1n) is 6.52. The Balaban J connectivity index is 2.56. The third kappa shape index (κ3) is 1.86. The predicted octanol–water partition coefficient (Wildman–Crippen LogP) is 2.13. The molecule has 1 saturated carbocycles. The molecule has 1 fully saturated rings. The van der Waals surface area contributed by atoms with Crippen LogP contribution in [-0.4, -0.2) is 27.2 Å². The molecule has 0 unspecified atom stereocenters. The molecule has 2 N–H and O–H groups in total. The standard InChI is InChI=1S/C15H22O3/c1-9(2)11-8-13-14(4,17)5-6-15(13,18)10(3)7-12(11)16/h7,13,17-18H,5-6,8H2,1-4H3/t13-,14+,15+/m0/s1. The number of allylic oxidation sites excluding steroid dienone is 3. The summed E-state index contributed by atoms with van der Waals surface area (Å²) in [5.74, 6) is -0.316. The van der Waals surface area contributed by atoms with E-state index >= 15 is 0 Å². The van der Waals surface area contributed by atoms with E-state index in [1.807, 2.05) is 13.8 Å². The lowest BCUT2D eigenvalue weighted by Crippen LogP contribution is -2.42. The van der Waals surface area contributed by atoms with Crippen molar-refractivity contribution in [3.8, 4) is 0 Å². The zero-order valence-electron chi connectivity index (χ0n) is 11.6. The molecule has 3 atom stereocenters. The van der Waals surface area contributed by atoms with Crippen molar-refractivity contribution in [1.82, 2.24) is 0 Å². The van der Waals surface area contributed by atoms with Crippen LogP contribution in [0.25, 0.3) is 0 Å². The lowest BCUT2D eigenvalue weighted by Gasteiger charge is -2.35. The van der Waals surface area contributed by atoms with E-state index in [0.717, 1.165) is 11.1 Å². The third-order valence-electron chi connectivity index (χ3n) is 4.68. The molecular formula is C15H22O3. The van der Waals surface area contributed by atoms with Gasteiger partial charge in [-0.1, -0.05) is 5.57 Å². The van der Waals surface area contributed by atoms with Crippen LogP contribution in [0, 0.1) is 5.92 Å². The number of aliphatic hydroxyl groups is 2. The van der Waals surface area contributed by atoms with Crippen molar-refractivity contribution >= 4 is 5.78 Å². The molecule has 0 saturated heterocycles. The fourth-order valence-corrected chi connectivity index (χ4v) is 3.33. The van der Waals surface area contributed by atoms with Gasteiger partial charge < -0.3 is 10.2 Å². The molecule has 0 bridgehead atoms. The van der Waals surface area contributed by atoms with Gasteiger partial charge in [-0.3, -0.25) is 4.79 Å². The van der Waals surface area contributed by atoms with Gasteiger partial charge in [0.05, 0.1) is 11.2 Å². The van der Waals surface area contributed by atoms with Gasteiger partial charge in [-0.05, 0) is 64.2 Å². The Morgan fingerprint density at radius 2 is 1.94 bits per heavy atom. The van der Waals surface area contributed by atoms with Crippen molar-refractivity contribution in [2.45, 2.75) is 58.2 Å². The van der Waals surface area contributed by atoms with Crippen LogP contribution in [0.2, 0.25) is 0 Å². The largest absolute Gasteiger partial charge is 0.390 e. The number of hydrogen-bond acceptors (Lipinski definition) is 3. The van der Waals surface area contributed by atoms with Gasteiger partial charge >= 0.3 is 0 Å². The maximum atomic E-state index is 12.1. The lowest BCUT2D eigenvalue weighted by molar-refractivity contribution is -0.111. The van der Waals surface area contributed by atoms with Crippen molar-refractivity contribution in [2.24, 2.45) is 5.92 Å². The Morgan fingerprint density at radius 3 is 2.50 bits per heavy atom. The first-order valence-corrected chi connectivity index (χ1v) is 6.52. The van der Waals surface area contributed by atoms with Crippen molar-refractivity contribution in [2.75, 3.05) is 0 Å². The van der Waals surface area contributed by atoms with Gasteiger partial charge in [0.25, 0.3) is 0 Å². The Hall–Kier alpha value is -0.930. The average Bonchev–Trinajstić information content (AvgIpc) is 2.41. The van der Waals surface area contributed by atoms with E-state index in [9.17, 15) is 15.0 Å². The molecule has 2 rings (SSSR count). The van der Waals surface area contributed by atoms with Gasteiger partial charge in [-0.15, -0.1) is 0 Å². The van der Waals surface area contributed by atoms with Gasteiger partial charge in [-0.25, -0.2) is 0 Å². The summed E-state index contributed by atoms with van der Waals surface area (Å²) in [4.78, 5) is 12.1. The van der Waals surface area contributed by atoms with E-state index in [1.54, 1.807) is 19.9 Å². The van der Waals surface area contributed by atoms with E-state index in [-0.39, 0.29) is 11.7 Å². The summed E-state index contributed by atoms with van der Waals surface area (Å²) in [6.07, 6.45) is 3.10. The Kier molecular flexibility index (Phi) is 3.03. The summed E-state index contributed by atoms with van der Waals surface area (Å²) < 4.78 is 0. The van der Waals surface area contributed by atoms with Gasteiger partial charge in [0.1, 0.15) is 0 Å². The van der Waals surface area contributed by atoms with Crippen LogP contribution in [0.4, 0.5) is 0 Å². The summed E-state index contributed by atoms with van der Waals surface area (Å²) in [7, 11) is 0. The third-order valence-corrected chi connectivity index (χ3v) is 4.68. The number of hydrogen-bond donors (Lipinski definition) is 2. The number of carbonyl (C=O) groups excluding carboxylic acids is 1. The molecule has 18 heavy (non-hydrogen) atoms. The van der Waals surface area contributed by atoms with Crippen LogP contribution in [0.15, 0.2) is 22.8 Å². The van der Waals surface area contributed by atoms with Gasteiger partial charge in [-0.2, -0.15) is 0 Å². The summed E-state index contributed by atoms with van der Waals surface area (Å²) in [5, 5.41) is 21.3. The fourth-order valence-electron chi connectivity index (χ4n) is 3.33. The Bertz CT molecular complexity index is 452. The molecule has 0 amide bonds. The first-order chi connectivity index (χ1) is 8.18. The first kappa shape index (κ1) is 13.5. The Morgan fingerprint density at radius 1 is 1.33 bits per heavy atom. The second kappa shape index (κ2) is 4.04. The smallest absolute Gasteiger partial charge is 0.181 e. The summed E-state index contributed by atoms with van der Waals surface area (Å²) in [5.41, 5.74) is 0.450. The minimum Gasteiger partial charge on any atom is -0.390 e. The highest BCUT2D eigenvalue weighted by Gasteiger charge is 2.55. The maximum Gasteiger partial charge on any atom is 0.181 e. The van der Waals surface area contributed by atoms with Crippen LogP contribution in [0.3, 0.4) is 0 Å². The highest BCUT2D eigenvalue weighted by molar-refractivity contribution is 6.05. The quantitative estimate of drug-likeness (QED) is 0.648. The SMILES string of the molecule is CC1=CC(=O)C(=C(C)C)C[C@@H]2[C@@]1(O)CC[C@@]2(C)O. The zero-order chi connectivity index (χ0) is 13.7. The molecule has 0 aromatic carbocycles. The predicted molar refractivity (Wildman–Crippen MR) is 70.1 cm³/mol. The van der Waals surface area contributed by atoms with Crippen molar-refractivity contribution in [3.05, 3.63) is 22.8 Å². The molecule has 0 aromatic heterocycles. The molecule has 2 aliphatic carbocycles. The lowest BCUT2D eigenvalue weighted by atomic mass is 9.77. The van der Waals surface area contributed by atoms with Gasteiger partial charge in [0.15, 0.2) is 5.78 Å². The normalized spacial score (nSPS) is 40.3. The van der Waals surface area contributed by atoms with E-state index in [4.69, 9.17) is 0 Å². The molecule has 0 spiro atoms. The van der Waals surface area contributed by atoms with Crippen molar-refractivity contribution in [3.63, 3.8) is 0 Å². The number of rotatable bonds is 0. The monoisotopic (exact) mass is 250 g/mol. The van der Waals surface area contributed by atoms with Gasteiger partial charge in [0, 0.05) is 5.92 Å². The molecule has 0 radical (unpaired) electrons. The number of ketones is 1. The van der Waals surface area contributed by atoms with E-state index < -0.39 is 11.2 Å². The van der Waals surface area contributed by atoms with Crippen LogP contribution in [0.1, 0.15) is 47.0 Å². The van der Waals surface area contributed by atoms with E-state index in [1.165, 1.54) is 0 Å². The minimum absolute atomic E-state index is 0.0221. The van der Waals surface area contributed by atoms with E-state index in [2.05, 4.69) is 0 Å². The fraction of sp³-hybridized carbons (Fsp3) is 0.667. The van der Waals surface area contributed by atoms with Crippen molar-refractivity contribution in [1.29, 1.82) is 0 Å². The van der Waals surface area contributed by atoms with E-state index in [0.29, 0.717) is 24.8 Å². The highest BCUT2D eigenvalue weighted by atomic mass is 16.3. The summed E-state index contributed by atoms with van der Waals surface area (Å²) in [6, 6.07) is 0. The second-order valence-corrected chi connectivity index (χ2v) is 6.21. The topological polar surface area (TPSA) is 57.5 Å². The molecule has 100 valence electrons. The highest BCUT2D eigenvalue weighted by Crippen LogP contribution is 2.51. The van der Waals surface area contributed by atoms with Crippen LogP contribution in [-0.2, 0) is 4.79 Å². The Labute approximate surface area is 108 Å². The number of carbonyl (C=O) groups is 1. The molecule has 0 aliphatic heterocycles. The second-order valence-electron chi connectivity index (χ2n) is 6.21. The van der Waals surface area contributed by atoms with Gasteiger partial charge in [0.2, 0.25) is 0 Å². The van der Waals surface area contributed by atoms with Crippen LogP contribution < -0.4 is 0 Å². The minimum atomic E-state index is -1.03. The average molecular weight is 250 g/mol. The van der Waals surface area contributed by atoms with Crippen molar-refractivity contribution < 1.29 is 15.0 Å². The maximum absolute atomic E-state index is 12.1.